The van der Waals surface area contributed by atoms with Gasteiger partial charge in [0.15, 0.2) is 11.5 Å². The van der Waals surface area contributed by atoms with E-state index in [1.807, 2.05) is 31.2 Å². The summed E-state index contributed by atoms with van der Waals surface area (Å²) < 4.78 is 50.4. The van der Waals surface area contributed by atoms with Crippen LogP contribution < -0.4 is 14.9 Å². The molecule has 0 amide bonds. The molecule has 11 heteroatoms. The van der Waals surface area contributed by atoms with Gasteiger partial charge in [0.05, 0.1) is 28.3 Å². The van der Waals surface area contributed by atoms with Crippen molar-refractivity contribution in [3.63, 3.8) is 0 Å². The molecule has 0 aliphatic carbocycles. The summed E-state index contributed by atoms with van der Waals surface area (Å²) >= 11 is 3.44. The fraction of sp³-hybridized carbons (Fsp3) is 0.174. The molecule has 0 radical (unpaired) electrons. The molecular formula is C23H19BrF3N3O4. The van der Waals surface area contributed by atoms with Gasteiger partial charge in [0.25, 0.3) is 5.69 Å². The molecule has 0 atom stereocenters. The average Bonchev–Trinajstić information content (AvgIpc) is 2.78. The van der Waals surface area contributed by atoms with Crippen LogP contribution in [0.25, 0.3) is 0 Å². The van der Waals surface area contributed by atoms with Crippen LogP contribution in [0, 0.1) is 17.0 Å². The first-order chi connectivity index (χ1) is 16.1. The zero-order valence-electron chi connectivity index (χ0n) is 18.0. The van der Waals surface area contributed by atoms with Gasteiger partial charge in [0.2, 0.25) is 0 Å². The first-order valence-corrected chi connectivity index (χ1v) is 10.6. The Morgan fingerprint density at radius 3 is 2.47 bits per heavy atom. The molecule has 0 aliphatic heterocycles. The Morgan fingerprint density at radius 2 is 1.85 bits per heavy atom. The number of methoxy groups -OCH3 is 1. The molecule has 3 rings (SSSR count). The van der Waals surface area contributed by atoms with E-state index >= 15 is 0 Å². The highest BCUT2D eigenvalue weighted by molar-refractivity contribution is 9.10. The van der Waals surface area contributed by atoms with Crippen LogP contribution in [-0.4, -0.2) is 18.2 Å². The Morgan fingerprint density at radius 1 is 1.15 bits per heavy atom. The van der Waals surface area contributed by atoms with Gasteiger partial charge in [-0.2, -0.15) is 18.3 Å². The van der Waals surface area contributed by atoms with Crippen molar-refractivity contribution in [1.29, 1.82) is 0 Å². The van der Waals surface area contributed by atoms with Gasteiger partial charge in [0.1, 0.15) is 12.3 Å². The van der Waals surface area contributed by atoms with Gasteiger partial charge < -0.3 is 9.47 Å². The maximum absolute atomic E-state index is 12.8. The predicted octanol–water partition coefficient (Wildman–Crippen LogP) is 6.72. The third-order valence-electron chi connectivity index (χ3n) is 4.68. The first-order valence-electron chi connectivity index (χ1n) is 9.79. The number of hydrogen-bond acceptors (Lipinski definition) is 6. The summed E-state index contributed by atoms with van der Waals surface area (Å²) in [5, 5.41) is 15.1. The Kier molecular flexibility index (Phi) is 7.77. The van der Waals surface area contributed by atoms with Crippen LogP contribution in [0.4, 0.5) is 24.5 Å². The average molecular weight is 538 g/mol. The van der Waals surface area contributed by atoms with Gasteiger partial charge in [-0.15, -0.1) is 0 Å². The van der Waals surface area contributed by atoms with Gasteiger partial charge in [-0.3, -0.25) is 15.5 Å². The van der Waals surface area contributed by atoms with Crippen molar-refractivity contribution >= 4 is 33.5 Å². The number of hydrogen-bond donors (Lipinski definition) is 1. The molecule has 0 bridgehead atoms. The number of benzene rings is 3. The van der Waals surface area contributed by atoms with E-state index in [0.717, 1.165) is 23.3 Å². The molecule has 0 heterocycles. The number of alkyl halides is 3. The van der Waals surface area contributed by atoms with Crippen molar-refractivity contribution in [3.05, 3.63) is 91.4 Å². The minimum atomic E-state index is -4.70. The second-order valence-corrected chi connectivity index (χ2v) is 8.02. The van der Waals surface area contributed by atoms with Crippen molar-refractivity contribution in [1.82, 2.24) is 0 Å². The van der Waals surface area contributed by atoms with E-state index in [2.05, 4.69) is 26.5 Å². The molecule has 0 aromatic heterocycles. The number of nitro benzene ring substituents is 1. The predicted molar refractivity (Wildman–Crippen MR) is 126 cm³/mol. The van der Waals surface area contributed by atoms with E-state index < -0.39 is 22.4 Å². The highest BCUT2D eigenvalue weighted by Gasteiger charge is 2.33. The number of nitrogens with one attached hydrogen (secondary N) is 1. The van der Waals surface area contributed by atoms with E-state index in [1.54, 1.807) is 12.1 Å². The number of rotatable bonds is 8. The number of halogens is 4. The third kappa shape index (κ3) is 6.25. The number of aryl methyl sites for hydroxylation is 1. The zero-order chi connectivity index (χ0) is 24.9. The van der Waals surface area contributed by atoms with E-state index in [1.165, 1.54) is 13.3 Å². The summed E-state index contributed by atoms with van der Waals surface area (Å²) in [7, 11) is 1.48. The molecule has 0 saturated carbocycles. The molecular weight excluding hydrogens is 519 g/mol. The van der Waals surface area contributed by atoms with Gasteiger partial charge in [-0.05, 0) is 58.2 Å². The highest BCUT2D eigenvalue weighted by Crippen LogP contribution is 2.37. The maximum atomic E-state index is 12.8. The molecule has 0 unspecified atom stereocenters. The van der Waals surface area contributed by atoms with E-state index in [-0.39, 0.29) is 5.69 Å². The molecule has 3 aromatic rings. The summed E-state index contributed by atoms with van der Waals surface area (Å²) in [6.45, 7) is 2.32. The summed E-state index contributed by atoms with van der Waals surface area (Å²) in [5.74, 6) is 0.898. The Labute approximate surface area is 201 Å². The molecule has 7 nitrogen and oxygen atoms in total. The third-order valence-corrected chi connectivity index (χ3v) is 5.26. The Balaban J connectivity index is 1.77. The lowest BCUT2D eigenvalue weighted by Gasteiger charge is -2.13. The smallest absolute Gasteiger partial charge is 0.416 e. The summed E-state index contributed by atoms with van der Waals surface area (Å²) in [6.07, 6.45) is -3.35. The molecule has 178 valence electrons. The molecule has 0 spiro atoms. The molecule has 0 aliphatic rings. The zero-order valence-corrected chi connectivity index (χ0v) is 19.6. The summed E-state index contributed by atoms with van der Waals surface area (Å²) in [6, 6.07) is 13.4. The lowest BCUT2D eigenvalue weighted by Crippen LogP contribution is -2.06. The molecule has 1 N–H and O–H groups in total. The van der Waals surface area contributed by atoms with Crippen LogP contribution in [0.15, 0.2) is 64.2 Å². The van der Waals surface area contributed by atoms with Gasteiger partial charge in [0, 0.05) is 6.07 Å². The molecule has 0 saturated heterocycles. The number of ether oxygens (including phenoxy) is 2. The minimum absolute atomic E-state index is 0.182. The van der Waals surface area contributed by atoms with E-state index in [4.69, 9.17) is 9.47 Å². The van der Waals surface area contributed by atoms with Crippen LogP contribution in [0.2, 0.25) is 0 Å². The molecule has 0 fully saturated rings. The van der Waals surface area contributed by atoms with Crippen LogP contribution >= 0.6 is 15.9 Å². The van der Waals surface area contributed by atoms with Crippen molar-refractivity contribution in [2.24, 2.45) is 5.10 Å². The normalized spacial score (nSPS) is 11.5. The number of nitrogens with zero attached hydrogens (tertiary/aromatic N) is 2. The monoisotopic (exact) mass is 537 g/mol. The standard InChI is InChI=1S/C23H19BrF3N3O4/c1-14-3-5-15(6-4-14)13-34-22-18(24)9-16(10-21(22)33-2)12-28-29-19-8-7-17(23(25,26)27)11-20(19)30(31)32/h3-12,29H,13H2,1-2H3/b28-12-. The van der Waals surface area contributed by atoms with Gasteiger partial charge in [-0.1, -0.05) is 29.8 Å². The largest absolute Gasteiger partial charge is 0.493 e. The quantitative estimate of drug-likeness (QED) is 0.196. The minimum Gasteiger partial charge on any atom is -0.493 e. The Bertz CT molecular complexity index is 1220. The lowest BCUT2D eigenvalue weighted by atomic mass is 10.1. The van der Waals surface area contributed by atoms with Crippen LogP contribution in [0.5, 0.6) is 11.5 Å². The summed E-state index contributed by atoms with van der Waals surface area (Å²) in [5.41, 5.74) is 3.04. The topological polar surface area (TPSA) is 86.0 Å². The first kappa shape index (κ1) is 25.0. The Hall–Kier alpha value is -3.60. The number of hydrazone groups is 1. The van der Waals surface area contributed by atoms with Crippen LogP contribution in [-0.2, 0) is 12.8 Å². The SMILES string of the molecule is COc1cc(/C=N\Nc2ccc(C(F)(F)F)cc2[N+](=O)[O-])cc(Br)c1OCc1ccc(C)cc1. The van der Waals surface area contributed by atoms with Gasteiger partial charge >= 0.3 is 6.18 Å². The summed E-state index contributed by atoms with van der Waals surface area (Å²) in [4.78, 5) is 10.3. The van der Waals surface area contributed by atoms with Crippen LogP contribution in [0.1, 0.15) is 22.3 Å². The maximum Gasteiger partial charge on any atom is 0.416 e. The van der Waals surface area contributed by atoms with E-state index in [0.29, 0.717) is 34.2 Å². The van der Waals surface area contributed by atoms with E-state index in [9.17, 15) is 23.3 Å². The number of anilines is 1. The highest BCUT2D eigenvalue weighted by atomic mass is 79.9. The van der Waals surface area contributed by atoms with Crippen molar-refractivity contribution < 1.29 is 27.6 Å². The van der Waals surface area contributed by atoms with Crippen molar-refractivity contribution in [3.8, 4) is 11.5 Å². The van der Waals surface area contributed by atoms with Gasteiger partial charge in [-0.25, -0.2) is 0 Å². The second kappa shape index (κ2) is 10.6. The lowest BCUT2D eigenvalue weighted by molar-refractivity contribution is -0.384. The van der Waals surface area contributed by atoms with Crippen molar-refractivity contribution in [2.45, 2.75) is 19.7 Å². The molecule has 3 aromatic carbocycles. The fourth-order valence-electron chi connectivity index (χ4n) is 2.92. The second-order valence-electron chi connectivity index (χ2n) is 7.17. The fourth-order valence-corrected chi connectivity index (χ4v) is 3.50. The molecule has 34 heavy (non-hydrogen) atoms. The van der Waals surface area contributed by atoms with Crippen LogP contribution in [0.3, 0.4) is 0 Å². The van der Waals surface area contributed by atoms with Crippen molar-refractivity contribution in [2.75, 3.05) is 12.5 Å². The number of nitro groups is 1.